The number of benzene rings is 1. The number of rotatable bonds is 5. The lowest BCUT2D eigenvalue weighted by atomic mass is 10.1. The molecule has 2 aromatic rings. The molecule has 1 N–H and O–H groups in total. The standard InChI is InChI=1S/C14H17NO3S2/c1-11-4-3-5-12(8-11)9-15(2)20(17,18)14-7-6-13(10-16)19-14/h3-8,16H,9-10H2,1-2H3. The van der Waals surface area contributed by atoms with Crippen molar-refractivity contribution in [3.8, 4) is 0 Å². The number of aliphatic hydroxyl groups is 1. The van der Waals surface area contributed by atoms with Crippen molar-refractivity contribution in [3.05, 3.63) is 52.4 Å². The van der Waals surface area contributed by atoms with E-state index in [1.807, 2.05) is 31.2 Å². The molecule has 0 atom stereocenters. The molecule has 0 bridgehead atoms. The van der Waals surface area contributed by atoms with Gasteiger partial charge in [-0.15, -0.1) is 11.3 Å². The number of hydrogen-bond acceptors (Lipinski definition) is 4. The zero-order chi connectivity index (χ0) is 14.8. The van der Waals surface area contributed by atoms with Gasteiger partial charge in [0.2, 0.25) is 0 Å². The molecule has 0 aliphatic heterocycles. The maximum Gasteiger partial charge on any atom is 0.252 e. The smallest absolute Gasteiger partial charge is 0.252 e. The number of hydrogen-bond donors (Lipinski definition) is 1. The lowest BCUT2D eigenvalue weighted by Gasteiger charge is -2.16. The molecule has 0 radical (unpaired) electrons. The molecule has 4 nitrogen and oxygen atoms in total. The predicted octanol–water partition coefficient (Wildman–Crippen LogP) is 2.37. The fourth-order valence-corrected chi connectivity index (χ4v) is 4.47. The molecule has 20 heavy (non-hydrogen) atoms. The summed E-state index contributed by atoms with van der Waals surface area (Å²) in [4.78, 5) is 0.646. The topological polar surface area (TPSA) is 57.6 Å². The Hall–Kier alpha value is -1.21. The van der Waals surface area contributed by atoms with Crippen LogP contribution in [-0.4, -0.2) is 24.9 Å². The van der Waals surface area contributed by atoms with Gasteiger partial charge in [-0.2, -0.15) is 4.31 Å². The summed E-state index contributed by atoms with van der Waals surface area (Å²) < 4.78 is 26.4. The molecule has 2 rings (SSSR count). The summed E-state index contributed by atoms with van der Waals surface area (Å²) in [6, 6.07) is 11.0. The molecule has 6 heteroatoms. The Bertz CT molecular complexity index is 692. The van der Waals surface area contributed by atoms with E-state index >= 15 is 0 Å². The van der Waals surface area contributed by atoms with Crippen molar-refractivity contribution in [1.29, 1.82) is 0 Å². The van der Waals surface area contributed by atoms with E-state index in [2.05, 4.69) is 0 Å². The average molecular weight is 311 g/mol. The first-order valence-corrected chi connectivity index (χ1v) is 8.40. The Morgan fingerprint density at radius 2 is 2.00 bits per heavy atom. The second-order valence-electron chi connectivity index (χ2n) is 4.63. The number of aryl methyl sites for hydroxylation is 1. The lowest BCUT2D eigenvalue weighted by Crippen LogP contribution is -2.25. The molecule has 0 aliphatic rings. The quantitative estimate of drug-likeness (QED) is 0.922. The Morgan fingerprint density at radius 3 is 2.60 bits per heavy atom. The van der Waals surface area contributed by atoms with Gasteiger partial charge in [-0.1, -0.05) is 29.8 Å². The van der Waals surface area contributed by atoms with Gasteiger partial charge >= 0.3 is 0 Å². The highest BCUT2D eigenvalue weighted by atomic mass is 32.2. The van der Waals surface area contributed by atoms with E-state index in [9.17, 15) is 8.42 Å². The second-order valence-corrected chi connectivity index (χ2v) is 8.07. The zero-order valence-corrected chi connectivity index (χ0v) is 13.0. The maximum absolute atomic E-state index is 12.4. The third-order valence-corrected chi connectivity index (χ3v) is 6.29. The van der Waals surface area contributed by atoms with Crippen molar-refractivity contribution in [2.45, 2.75) is 24.3 Å². The van der Waals surface area contributed by atoms with Crippen molar-refractivity contribution >= 4 is 21.4 Å². The normalized spacial score (nSPS) is 12.0. The van der Waals surface area contributed by atoms with Crippen LogP contribution in [0.5, 0.6) is 0 Å². The van der Waals surface area contributed by atoms with Gasteiger partial charge in [0.1, 0.15) is 4.21 Å². The fourth-order valence-electron chi connectivity index (χ4n) is 1.89. The van der Waals surface area contributed by atoms with Crippen LogP contribution in [0.2, 0.25) is 0 Å². The number of nitrogens with zero attached hydrogens (tertiary/aromatic N) is 1. The molecule has 0 saturated carbocycles. The minimum atomic E-state index is -3.50. The molecular formula is C14H17NO3S2. The summed E-state index contributed by atoms with van der Waals surface area (Å²) in [5, 5.41) is 9.02. The van der Waals surface area contributed by atoms with Crippen LogP contribution in [0.25, 0.3) is 0 Å². The average Bonchev–Trinajstić information content (AvgIpc) is 2.88. The van der Waals surface area contributed by atoms with Crippen LogP contribution < -0.4 is 0 Å². The summed E-state index contributed by atoms with van der Waals surface area (Å²) in [5.74, 6) is 0. The molecule has 1 aromatic heterocycles. The first-order chi connectivity index (χ1) is 9.43. The molecule has 0 spiro atoms. The van der Waals surface area contributed by atoms with Crippen molar-refractivity contribution in [2.24, 2.45) is 0 Å². The zero-order valence-electron chi connectivity index (χ0n) is 11.4. The molecule has 0 aliphatic carbocycles. The molecule has 1 aromatic carbocycles. The highest BCUT2D eigenvalue weighted by Crippen LogP contribution is 2.25. The van der Waals surface area contributed by atoms with Gasteiger partial charge in [0.25, 0.3) is 10.0 Å². The van der Waals surface area contributed by atoms with Crippen LogP contribution in [0.1, 0.15) is 16.0 Å². The maximum atomic E-state index is 12.4. The largest absolute Gasteiger partial charge is 0.391 e. The highest BCUT2D eigenvalue weighted by Gasteiger charge is 2.22. The Balaban J connectivity index is 2.21. The summed E-state index contributed by atoms with van der Waals surface area (Å²) >= 11 is 1.10. The summed E-state index contributed by atoms with van der Waals surface area (Å²) in [6.45, 7) is 2.17. The molecule has 0 saturated heterocycles. The van der Waals surface area contributed by atoms with Gasteiger partial charge in [0.15, 0.2) is 0 Å². The third-order valence-electron chi connectivity index (χ3n) is 2.95. The Labute approximate surface area is 123 Å². The number of sulfonamides is 1. The van der Waals surface area contributed by atoms with Crippen molar-refractivity contribution < 1.29 is 13.5 Å². The van der Waals surface area contributed by atoms with Gasteiger partial charge in [0.05, 0.1) is 6.61 Å². The van der Waals surface area contributed by atoms with E-state index in [-0.39, 0.29) is 10.8 Å². The van der Waals surface area contributed by atoms with E-state index in [1.54, 1.807) is 13.1 Å². The molecule has 1 heterocycles. The van der Waals surface area contributed by atoms with Crippen molar-refractivity contribution in [3.63, 3.8) is 0 Å². The highest BCUT2D eigenvalue weighted by molar-refractivity contribution is 7.91. The van der Waals surface area contributed by atoms with E-state index in [4.69, 9.17) is 5.11 Å². The fraction of sp³-hybridized carbons (Fsp3) is 0.286. The van der Waals surface area contributed by atoms with Gasteiger partial charge in [-0.3, -0.25) is 0 Å². The molecule has 0 fully saturated rings. The Morgan fingerprint density at radius 1 is 1.25 bits per heavy atom. The molecular weight excluding hydrogens is 294 g/mol. The molecule has 0 amide bonds. The van der Waals surface area contributed by atoms with Gasteiger partial charge < -0.3 is 5.11 Å². The minimum Gasteiger partial charge on any atom is -0.391 e. The predicted molar refractivity (Wildman–Crippen MR) is 80.1 cm³/mol. The van der Waals surface area contributed by atoms with Crippen LogP contribution in [0, 0.1) is 6.92 Å². The number of aliphatic hydroxyl groups excluding tert-OH is 1. The van der Waals surface area contributed by atoms with Crippen molar-refractivity contribution in [2.75, 3.05) is 7.05 Å². The van der Waals surface area contributed by atoms with Crippen molar-refractivity contribution in [1.82, 2.24) is 4.31 Å². The SMILES string of the molecule is Cc1cccc(CN(C)S(=O)(=O)c2ccc(CO)s2)c1. The van der Waals surface area contributed by atoms with E-state index < -0.39 is 10.0 Å². The van der Waals surface area contributed by atoms with Crippen LogP contribution >= 0.6 is 11.3 Å². The van der Waals surface area contributed by atoms with Gasteiger partial charge in [-0.25, -0.2) is 8.42 Å². The third kappa shape index (κ3) is 3.27. The number of thiophene rings is 1. The van der Waals surface area contributed by atoms with Crippen LogP contribution in [0.4, 0.5) is 0 Å². The van der Waals surface area contributed by atoms with E-state index in [1.165, 1.54) is 10.4 Å². The summed E-state index contributed by atoms with van der Waals surface area (Å²) in [6.07, 6.45) is 0. The molecule has 108 valence electrons. The Kier molecular flexibility index (Phi) is 4.59. The summed E-state index contributed by atoms with van der Waals surface area (Å²) in [5.41, 5.74) is 2.06. The van der Waals surface area contributed by atoms with Crippen LogP contribution in [0.15, 0.2) is 40.6 Å². The van der Waals surface area contributed by atoms with Gasteiger partial charge in [-0.05, 0) is 24.6 Å². The first kappa shape index (κ1) is 15.2. The van der Waals surface area contributed by atoms with Gasteiger partial charge in [0, 0.05) is 18.5 Å². The summed E-state index contributed by atoms with van der Waals surface area (Å²) in [7, 11) is -1.93. The minimum absolute atomic E-state index is 0.137. The first-order valence-electron chi connectivity index (χ1n) is 6.15. The lowest BCUT2D eigenvalue weighted by molar-refractivity contribution is 0.285. The van der Waals surface area contributed by atoms with Crippen LogP contribution in [0.3, 0.4) is 0 Å². The monoisotopic (exact) mass is 311 g/mol. The molecule has 0 unspecified atom stereocenters. The van der Waals surface area contributed by atoms with E-state index in [0.29, 0.717) is 11.4 Å². The van der Waals surface area contributed by atoms with Crippen LogP contribution in [-0.2, 0) is 23.2 Å². The second kappa shape index (κ2) is 6.05. The van der Waals surface area contributed by atoms with E-state index in [0.717, 1.165) is 22.5 Å².